The lowest BCUT2D eigenvalue weighted by molar-refractivity contribution is 0.0696. The van der Waals surface area contributed by atoms with E-state index < -0.39 is 5.97 Å². The van der Waals surface area contributed by atoms with Crippen molar-refractivity contribution in [2.24, 2.45) is 0 Å². The normalized spacial score (nSPS) is 16.7. The minimum absolute atomic E-state index is 0.0502. The lowest BCUT2D eigenvalue weighted by Crippen LogP contribution is -2.34. The maximum absolute atomic E-state index is 11.7. The van der Waals surface area contributed by atoms with Crippen LogP contribution in [0.15, 0.2) is 23.1 Å². The van der Waals surface area contributed by atoms with E-state index in [0.29, 0.717) is 6.54 Å². The zero-order chi connectivity index (χ0) is 13.0. The van der Waals surface area contributed by atoms with Crippen molar-refractivity contribution in [2.75, 3.05) is 19.6 Å². The third kappa shape index (κ3) is 3.20. The third-order valence-electron chi connectivity index (χ3n) is 3.35. The standard InChI is InChI=1S/C13H18N2O3/c16-12-10-11(13(17)18)4-7-15(12)9-8-14-5-2-1-3-6-14/h4,7,10H,1-3,5-6,8-9H2,(H,17,18). The molecule has 1 saturated heterocycles. The van der Waals surface area contributed by atoms with E-state index in [0.717, 1.165) is 19.6 Å². The molecule has 5 heteroatoms. The van der Waals surface area contributed by atoms with Crippen LogP contribution in [0.3, 0.4) is 0 Å². The van der Waals surface area contributed by atoms with E-state index in [2.05, 4.69) is 4.90 Å². The van der Waals surface area contributed by atoms with Crippen LogP contribution in [0.25, 0.3) is 0 Å². The number of likely N-dealkylation sites (tertiary alicyclic amines) is 1. The number of carboxylic acid groups (broad SMARTS) is 1. The SMILES string of the molecule is O=C(O)c1ccn(CCN2CCCCC2)c(=O)c1. The molecule has 1 aromatic rings. The van der Waals surface area contributed by atoms with Gasteiger partial charge in [0.1, 0.15) is 0 Å². The molecule has 0 atom stereocenters. The predicted molar refractivity (Wildman–Crippen MR) is 68.0 cm³/mol. The van der Waals surface area contributed by atoms with Crippen LogP contribution >= 0.6 is 0 Å². The van der Waals surface area contributed by atoms with Gasteiger partial charge in [0.25, 0.3) is 5.56 Å². The smallest absolute Gasteiger partial charge is 0.335 e. The Morgan fingerprint density at radius 3 is 2.56 bits per heavy atom. The number of pyridine rings is 1. The summed E-state index contributed by atoms with van der Waals surface area (Å²) in [6, 6.07) is 2.65. The summed E-state index contributed by atoms with van der Waals surface area (Å²) in [5.41, 5.74) is -0.193. The summed E-state index contributed by atoms with van der Waals surface area (Å²) in [5.74, 6) is -1.06. The van der Waals surface area contributed by atoms with Crippen molar-refractivity contribution in [3.8, 4) is 0 Å². The first kappa shape index (κ1) is 12.8. The second kappa shape index (κ2) is 5.82. The second-order valence-electron chi connectivity index (χ2n) is 4.65. The van der Waals surface area contributed by atoms with Gasteiger partial charge in [0.2, 0.25) is 0 Å². The Labute approximate surface area is 106 Å². The van der Waals surface area contributed by atoms with Crippen LogP contribution in [0.5, 0.6) is 0 Å². The molecule has 0 spiro atoms. The highest BCUT2D eigenvalue weighted by molar-refractivity contribution is 5.87. The zero-order valence-corrected chi connectivity index (χ0v) is 10.3. The van der Waals surface area contributed by atoms with Gasteiger partial charge >= 0.3 is 5.97 Å². The first-order chi connectivity index (χ1) is 8.66. The second-order valence-corrected chi connectivity index (χ2v) is 4.65. The molecule has 0 aliphatic carbocycles. The van der Waals surface area contributed by atoms with Crippen molar-refractivity contribution in [3.05, 3.63) is 34.2 Å². The Morgan fingerprint density at radius 2 is 1.94 bits per heavy atom. The van der Waals surface area contributed by atoms with Gasteiger partial charge < -0.3 is 14.6 Å². The Balaban J connectivity index is 1.97. The molecule has 0 unspecified atom stereocenters. The molecule has 2 rings (SSSR count). The number of hydrogen-bond donors (Lipinski definition) is 1. The predicted octanol–water partition coefficient (Wildman–Crippen LogP) is 1.03. The molecular formula is C13H18N2O3. The number of carbonyl (C=O) groups is 1. The highest BCUT2D eigenvalue weighted by Crippen LogP contribution is 2.08. The van der Waals surface area contributed by atoms with E-state index in [1.54, 1.807) is 10.8 Å². The van der Waals surface area contributed by atoms with Gasteiger partial charge in [-0.25, -0.2) is 4.79 Å². The summed E-state index contributed by atoms with van der Waals surface area (Å²) in [7, 11) is 0. The number of nitrogens with zero attached hydrogens (tertiary/aromatic N) is 2. The molecule has 1 aliphatic rings. The van der Waals surface area contributed by atoms with Gasteiger partial charge in [0.05, 0.1) is 5.56 Å². The van der Waals surface area contributed by atoms with Crippen molar-refractivity contribution in [3.63, 3.8) is 0 Å². The molecule has 2 heterocycles. The summed E-state index contributed by atoms with van der Waals surface area (Å²) < 4.78 is 1.57. The molecule has 1 fully saturated rings. The fourth-order valence-electron chi connectivity index (χ4n) is 2.26. The highest BCUT2D eigenvalue weighted by atomic mass is 16.4. The average Bonchev–Trinajstić information content (AvgIpc) is 2.38. The molecule has 98 valence electrons. The van der Waals surface area contributed by atoms with Crippen LogP contribution in [0.2, 0.25) is 0 Å². The van der Waals surface area contributed by atoms with Gasteiger partial charge in [-0.05, 0) is 32.0 Å². The lowest BCUT2D eigenvalue weighted by atomic mass is 10.1. The molecular weight excluding hydrogens is 232 g/mol. The van der Waals surface area contributed by atoms with Gasteiger partial charge in [0.15, 0.2) is 0 Å². The number of aromatic carboxylic acids is 1. The Hall–Kier alpha value is -1.62. The lowest BCUT2D eigenvalue weighted by Gasteiger charge is -2.26. The first-order valence-corrected chi connectivity index (χ1v) is 6.33. The maximum atomic E-state index is 11.7. The highest BCUT2D eigenvalue weighted by Gasteiger charge is 2.10. The first-order valence-electron chi connectivity index (χ1n) is 6.33. The van der Waals surface area contributed by atoms with Gasteiger partial charge in [0, 0.05) is 25.4 Å². The van der Waals surface area contributed by atoms with Crippen LogP contribution in [-0.4, -0.2) is 40.2 Å². The number of carboxylic acids is 1. The van der Waals surface area contributed by atoms with E-state index in [-0.39, 0.29) is 11.1 Å². The zero-order valence-electron chi connectivity index (χ0n) is 10.3. The van der Waals surface area contributed by atoms with Crippen molar-refractivity contribution < 1.29 is 9.90 Å². The topological polar surface area (TPSA) is 62.5 Å². The average molecular weight is 250 g/mol. The van der Waals surface area contributed by atoms with E-state index in [4.69, 9.17) is 5.11 Å². The van der Waals surface area contributed by atoms with Crippen LogP contribution in [0.1, 0.15) is 29.6 Å². The van der Waals surface area contributed by atoms with E-state index in [1.165, 1.54) is 31.4 Å². The third-order valence-corrected chi connectivity index (χ3v) is 3.35. The quantitative estimate of drug-likeness (QED) is 0.867. The molecule has 1 aliphatic heterocycles. The molecule has 1 aromatic heterocycles. The van der Waals surface area contributed by atoms with Crippen molar-refractivity contribution >= 4 is 5.97 Å². The van der Waals surface area contributed by atoms with Gasteiger partial charge in [-0.2, -0.15) is 0 Å². The number of rotatable bonds is 4. The molecule has 5 nitrogen and oxygen atoms in total. The van der Waals surface area contributed by atoms with Crippen molar-refractivity contribution in [2.45, 2.75) is 25.8 Å². The van der Waals surface area contributed by atoms with E-state index in [1.807, 2.05) is 0 Å². The minimum atomic E-state index is -1.06. The molecule has 0 radical (unpaired) electrons. The minimum Gasteiger partial charge on any atom is -0.478 e. The molecule has 0 saturated carbocycles. The number of aromatic nitrogens is 1. The Morgan fingerprint density at radius 1 is 1.22 bits per heavy atom. The van der Waals surface area contributed by atoms with Crippen LogP contribution in [-0.2, 0) is 6.54 Å². The molecule has 0 bridgehead atoms. The summed E-state index contributed by atoms with van der Waals surface area (Å²) in [6.45, 7) is 3.68. The summed E-state index contributed by atoms with van der Waals surface area (Å²) >= 11 is 0. The molecule has 1 N–H and O–H groups in total. The van der Waals surface area contributed by atoms with Crippen molar-refractivity contribution in [1.82, 2.24) is 9.47 Å². The number of piperidine rings is 1. The van der Waals surface area contributed by atoms with E-state index in [9.17, 15) is 9.59 Å². The fourth-order valence-corrected chi connectivity index (χ4v) is 2.26. The summed E-state index contributed by atoms with van der Waals surface area (Å²) in [5, 5.41) is 8.78. The molecule has 0 aromatic carbocycles. The van der Waals surface area contributed by atoms with Crippen LogP contribution < -0.4 is 5.56 Å². The Bertz CT molecular complexity index is 475. The van der Waals surface area contributed by atoms with E-state index >= 15 is 0 Å². The molecule has 18 heavy (non-hydrogen) atoms. The monoisotopic (exact) mass is 250 g/mol. The largest absolute Gasteiger partial charge is 0.478 e. The van der Waals surface area contributed by atoms with Crippen LogP contribution in [0.4, 0.5) is 0 Å². The molecule has 0 amide bonds. The van der Waals surface area contributed by atoms with Crippen molar-refractivity contribution in [1.29, 1.82) is 0 Å². The summed E-state index contributed by atoms with van der Waals surface area (Å²) in [6.07, 6.45) is 5.32. The van der Waals surface area contributed by atoms with Gasteiger partial charge in [-0.3, -0.25) is 4.79 Å². The maximum Gasteiger partial charge on any atom is 0.335 e. The Kier molecular flexibility index (Phi) is 4.15. The summed E-state index contributed by atoms with van der Waals surface area (Å²) in [4.78, 5) is 24.8. The van der Waals surface area contributed by atoms with Gasteiger partial charge in [-0.1, -0.05) is 6.42 Å². The van der Waals surface area contributed by atoms with Gasteiger partial charge in [-0.15, -0.1) is 0 Å². The fraction of sp³-hybridized carbons (Fsp3) is 0.538. The number of hydrogen-bond acceptors (Lipinski definition) is 3. The van der Waals surface area contributed by atoms with Crippen LogP contribution in [0, 0.1) is 0 Å².